The first-order valence-corrected chi connectivity index (χ1v) is 5.08. The lowest BCUT2D eigenvalue weighted by Gasteiger charge is -2.28. The van der Waals surface area contributed by atoms with Gasteiger partial charge in [-0.25, -0.2) is 4.39 Å². The Bertz CT molecular complexity index is 403. The zero-order chi connectivity index (χ0) is 11.7. The van der Waals surface area contributed by atoms with Gasteiger partial charge in [-0.15, -0.1) is 0 Å². The molecule has 2 rings (SSSR count). The topological polar surface area (TPSA) is 28.2 Å². The average molecular weight is 231 g/mol. The Morgan fingerprint density at radius 2 is 1.75 bits per heavy atom. The highest BCUT2D eigenvalue weighted by Crippen LogP contribution is 2.23. The van der Waals surface area contributed by atoms with E-state index >= 15 is 0 Å². The Hall–Kier alpha value is -1.30. The van der Waals surface area contributed by atoms with Crippen LogP contribution in [0.15, 0.2) is 0 Å². The first-order valence-electron chi connectivity index (χ1n) is 5.08. The van der Waals surface area contributed by atoms with Crippen LogP contribution in [0.1, 0.15) is 5.56 Å². The third kappa shape index (κ3) is 1.84. The largest absolute Gasteiger partial charge is 0.351 e. The van der Waals surface area contributed by atoms with Gasteiger partial charge in [0.25, 0.3) is 0 Å². The van der Waals surface area contributed by atoms with Crippen molar-refractivity contribution in [2.24, 2.45) is 0 Å². The molecular formula is C10H12F3N3. The van der Waals surface area contributed by atoms with E-state index in [1.165, 1.54) is 11.8 Å². The highest BCUT2D eigenvalue weighted by molar-refractivity contribution is 5.42. The van der Waals surface area contributed by atoms with Gasteiger partial charge in [0.15, 0.2) is 11.6 Å². The fraction of sp³-hybridized carbons (Fsp3) is 0.500. The normalized spacial score (nSPS) is 16.6. The van der Waals surface area contributed by atoms with Crippen molar-refractivity contribution >= 4 is 5.82 Å². The molecule has 0 atom stereocenters. The van der Waals surface area contributed by atoms with Crippen LogP contribution < -0.4 is 10.2 Å². The lowest BCUT2D eigenvalue weighted by atomic mass is 10.2. The zero-order valence-corrected chi connectivity index (χ0v) is 8.86. The number of rotatable bonds is 1. The number of halogens is 3. The van der Waals surface area contributed by atoms with Crippen molar-refractivity contribution in [1.82, 2.24) is 10.3 Å². The molecule has 0 aromatic carbocycles. The van der Waals surface area contributed by atoms with E-state index in [2.05, 4.69) is 10.3 Å². The summed E-state index contributed by atoms with van der Waals surface area (Å²) in [6.07, 6.45) is 0. The number of hydrogen-bond acceptors (Lipinski definition) is 3. The van der Waals surface area contributed by atoms with E-state index in [4.69, 9.17) is 0 Å². The molecule has 0 aliphatic carbocycles. The minimum Gasteiger partial charge on any atom is -0.351 e. The van der Waals surface area contributed by atoms with Crippen molar-refractivity contribution in [3.8, 4) is 0 Å². The predicted molar refractivity (Wildman–Crippen MR) is 53.9 cm³/mol. The summed E-state index contributed by atoms with van der Waals surface area (Å²) in [5.41, 5.74) is -0.378. The van der Waals surface area contributed by atoms with Crippen molar-refractivity contribution in [3.63, 3.8) is 0 Å². The van der Waals surface area contributed by atoms with Gasteiger partial charge in [-0.05, 0) is 6.92 Å². The summed E-state index contributed by atoms with van der Waals surface area (Å²) in [6.45, 7) is 3.45. The van der Waals surface area contributed by atoms with Crippen LogP contribution >= 0.6 is 0 Å². The average Bonchev–Trinajstić information content (AvgIpc) is 2.32. The van der Waals surface area contributed by atoms with E-state index in [-0.39, 0.29) is 11.4 Å². The highest BCUT2D eigenvalue weighted by atomic mass is 19.2. The number of nitrogens with zero attached hydrogens (tertiary/aromatic N) is 2. The minimum absolute atomic E-state index is 0.234. The maximum atomic E-state index is 13.6. The molecule has 0 radical (unpaired) electrons. The molecule has 16 heavy (non-hydrogen) atoms. The standard InChI is InChI=1S/C10H12F3N3/c1-6-7(11)8(12)10(15-9(6)13)16-4-2-14-3-5-16/h14H,2-5H2,1H3. The first-order chi connectivity index (χ1) is 7.61. The summed E-state index contributed by atoms with van der Waals surface area (Å²) in [6, 6.07) is 0. The second-order valence-corrected chi connectivity index (χ2v) is 3.72. The molecule has 0 amide bonds. The molecule has 1 aromatic rings. The molecule has 1 saturated heterocycles. The van der Waals surface area contributed by atoms with Gasteiger partial charge in [-0.1, -0.05) is 0 Å². The van der Waals surface area contributed by atoms with Crippen LogP contribution in [-0.2, 0) is 0 Å². The molecule has 0 spiro atoms. The number of anilines is 1. The molecular weight excluding hydrogens is 219 g/mol. The van der Waals surface area contributed by atoms with Gasteiger partial charge in [0.05, 0.1) is 0 Å². The van der Waals surface area contributed by atoms with E-state index in [1.807, 2.05) is 0 Å². The molecule has 0 unspecified atom stereocenters. The molecule has 1 N–H and O–H groups in total. The van der Waals surface area contributed by atoms with E-state index in [9.17, 15) is 13.2 Å². The SMILES string of the molecule is Cc1c(F)nc(N2CCNCC2)c(F)c1F. The molecule has 6 heteroatoms. The van der Waals surface area contributed by atoms with Crippen molar-refractivity contribution in [1.29, 1.82) is 0 Å². The van der Waals surface area contributed by atoms with Crippen molar-refractivity contribution < 1.29 is 13.2 Å². The summed E-state index contributed by atoms with van der Waals surface area (Å²) >= 11 is 0. The summed E-state index contributed by atoms with van der Waals surface area (Å²) in [5, 5.41) is 3.07. The minimum atomic E-state index is -1.15. The second kappa shape index (κ2) is 4.29. The van der Waals surface area contributed by atoms with Crippen LogP contribution in [0.4, 0.5) is 19.0 Å². The number of nitrogens with one attached hydrogen (secondary N) is 1. The van der Waals surface area contributed by atoms with Crippen molar-refractivity contribution in [3.05, 3.63) is 23.1 Å². The van der Waals surface area contributed by atoms with Crippen LogP contribution in [0, 0.1) is 24.5 Å². The number of piperazine rings is 1. The smallest absolute Gasteiger partial charge is 0.220 e. The molecule has 88 valence electrons. The molecule has 0 saturated carbocycles. The molecule has 1 aromatic heterocycles. The molecule has 0 bridgehead atoms. The monoisotopic (exact) mass is 231 g/mol. The maximum Gasteiger partial charge on any atom is 0.220 e. The Kier molecular flexibility index (Phi) is 3.00. The van der Waals surface area contributed by atoms with E-state index in [1.54, 1.807) is 0 Å². The van der Waals surface area contributed by atoms with Crippen molar-refractivity contribution in [2.45, 2.75) is 6.92 Å². The molecule has 3 nitrogen and oxygen atoms in total. The molecule has 1 fully saturated rings. The molecule has 1 aliphatic heterocycles. The van der Waals surface area contributed by atoms with Gasteiger partial charge in [0, 0.05) is 31.7 Å². The van der Waals surface area contributed by atoms with E-state index < -0.39 is 17.6 Å². The predicted octanol–water partition coefficient (Wildman–Crippen LogP) is 1.22. The zero-order valence-electron chi connectivity index (χ0n) is 8.86. The van der Waals surface area contributed by atoms with Gasteiger partial charge in [0.2, 0.25) is 11.8 Å². The van der Waals surface area contributed by atoms with Gasteiger partial charge in [-0.3, -0.25) is 0 Å². The Labute approximate surface area is 91.3 Å². The lowest BCUT2D eigenvalue weighted by Crippen LogP contribution is -2.44. The fourth-order valence-corrected chi connectivity index (χ4v) is 1.67. The number of aromatic nitrogens is 1. The summed E-state index contributed by atoms with van der Waals surface area (Å²) in [5.74, 6) is -3.41. The van der Waals surface area contributed by atoms with Gasteiger partial charge >= 0.3 is 0 Å². The second-order valence-electron chi connectivity index (χ2n) is 3.72. The highest BCUT2D eigenvalue weighted by Gasteiger charge is 2.22. The first kappa shape index (κ1) is 11.2. The Morgan fingerprint density at radius 3 is 2.38 bits per heavy atom. The van der Waals surface area contributed by atoms with Gasteiger partial charge < -0.3 is 10.2 Å². The molecule has 1 aliphatic rings. The van der Waals surface area contributed by atoms with Crippen LogP contribution in [0.5, 0.6) is 0 Å². The summed E-state index contributed by atoms with van der Waals surface area (Å²) in [7, 11) is 0. The van der Waals surface area contributed by atoms with Crippen LogP contribution in [0.25, 0.3) is 0 Å². The Morgan fingerprint density at radius 1 is 1.12 bits per heavy atom. The lowest BCUT2D eigenvalue weighted by molar-refractivity contribution is 0.461. The third-order valence-electron chi connectivity index (χ3n) is 2.65. The van der Waals surface area contributed by atoms with Crippen LogP contribution in [0.3, 0.4) is 0 Å². The molecule has 2 heterocycles. The van der Waals surface area contributed by atoms with Crippen LogP contribution in [0.2, 0.25) is 0 Å². The Balaban J connectivity index is 2.40. The summed E-state index contributed by atoms with van der Waals surface area (Å²) < 4.78 is 40.1. The third-order valence-corrected chi connectivity index (χ3v) is 2.65. The maximum absolute atomic E-state index is 13.6. The number of pyridine rings is 1. The number of hydrogen-bond donors (Lipinski definition) is 1. The fourth-order valence-electron chi connectivity index (χ4n) is 1.67. The van der Waals surface area contributed by atoms with E-state index in [0.717, 1.165) is 0 Å². The summed E-state index contributed by atoms with van der Waals surface area (Å²) in [4.78, 5) is 5.01. The van der Waals surface area contributed by atoms with Crippen LogP contribution in [-0.4, -0.2) is 31.2 Å². The van der Waals surface area contributed by atoms with Crippen molar-refractivity contribution in [2.75, 3.05) is 31.1 Å². The van der Waals surface area contributed by atoms with E-state index in [0.29, 0.717) is 26.2 Å². The van der Waals surface area contributed by atoms with Gasteiger partial charge in [0.1, 0.15) is 0 Å². The van der Waals surface area contributed by atoms with Gasteiger partial charge in [-0.2, -0.15) is 13.8 Å². The quantitative estimate of drug-likeness (QED) is 0.736.